The van der Waals surface area contributed by atoms with Crippen LogP contribution in [0.3, 0.4) is 0 Å². The molecule has 1 heterocycles. The predicted octanol–water partition coefficient (Wildman–Crippen LogP) is 2.17. The van der Waals surface area contributed by atoms with Crippen molar-refractivity contribution in [1.29, 1.82) is 0 Å². The van der Waals surface area contributed by atoms with Gasteiger partial charge in [-0.2, -0.15) is 0 Å². The number of aryl methyl sites for hydroxylation is 2. The van der Waals surface area contributed by atoms with Gasteiger partial charge in [0, 0.05) is 24.5 Å². The molecule has 1 N–H and O–H groups in total. The third-order valence-corrected chi connectivity index (χ3v) is 3.79. The second-order valence-corrected chi connectivity index (χ2v) is 5.27. The number of β-amino-alcohol motifs (C(OH)–C–C–N with tert-alkyl or cyclic N) is 1. The molecular weight excluding hydrogens is 250 g/mol. The molecule has 0 aromatic heterocycles. The van der Waals surface area contributed by atoms with Crippen molar-refractivity contribution in [1.82, 2.24) is 4.90 Å². The molecule has 0 saturated carbocycles. The molecule has 18 heavy (non-hydrogen) atoms. The number of halogens is 1. The van der Waals surface area contributed by atoms with E-state index in [2.05, 4.69) is 0 Å². The summed E-state index contributed by atoms with van der Waals surface area (Å²) >= 11 is 6.05. The molecule has 1 saturated heterocycles. The first-order valence-corrected chi connectivity index (χ1v) is 6.65. The average Bonchev–Trinajstić information content (AvgIpc) is 2.77. The Morgan fingerprint density at radius 2 is 2.33 bits per heavy atom. The SMILES string of the molecule is Cc1ccc(CCC(=O)N2CCC(O)C2)cc1Cl. The van der Waals surface area contributed by atoms with Gasteiger partial charge >= 0.3 is 0 Å². The topological polar surface area (TPSA) is 40.5 Å². The van der Waals surface area contributed by atoms with Crippen molar-refractivity contribution in [2.45, 2.75) is 32.3 Å². The summed E-state index contributed by atoms with van der Waals surface area (Å²) in [5, 5.41) is 10.1. The highest BCUT2D eigenvalue weighted by Crippen LogP contribution is 2.18. The smallest absolute Gasteiger partial charge is 0.222 e. The summed E-state index contributed by atoms with van der Waals surface area (Å²) in [5.41, 5.74) is 2.13. The highest BCUT2D eigenvalue weighted by atomic mass is 35.5. The molecule has 3 nitrogen and oxygen atoms in total. The number of hydrogen-bond donors (Lipinski definition) is 1. The van der Waals surface area contributed by atoms with Crippen molar-refractivity contribution in [2.24, 2.45) is 0 Å². The first-order valence-electron chi connectivity index (χ1n) is 6.27. The number of carbonyl (C=O) groups is 1. The Kier molecular flexibility index (Phi) is 4.25. The summed E-state index contributed by atoms with van der Waals surface area (Å²) < 4.78 is 0. The minimum atomic E-state index is -0.345. The van der Waals surface area contributed by atoms with Gasteiger partial charge in [-0.3, -0.25) is 4.79 Å². The molecule has 1 fully saturated rings. The Morgan fingerprint density at radius 3 is 2.94 bits per heavy atom. The molecule has 4 heteroatoms. The number of benzene rings is 1. The maximum Gasteiger partial charge on any atom is 0.222 e. The monoisotopic (exact) mass is 267 g/mol. The molecule has 1 unspecified atom stereocenters. The highest BCUT2D eigenvalue weighted by Gasteiger charge is 2.23. The zero-order valence-corrected chi connectivity index (χ0v) is 11.3. The van der Waals surface area contributed by atoms with E-state index in [1.165, 1.54) is 0 Å². The molecule has 1 aliphatic heterocycles. The second kappa shape index (κ2) is 5.72. The Bertz CT molecular complexity index is 447. The normalized spacial score (nSPS) is 19.3. The van der Waals surface area contributed by atoms with Crippen molar-refractivity contribution in [2.75, 3.05) is 13.1 Å². The Hall–Kier alpha value is -1.06. The van der Waals surface area contributed by atoms with E-state index in [9.17, 15) is 9.90 Å². The van der Waals surface area contributed by atoms with Crippen molar-refractivity contribution in [3.05, 3.63) is 34.3 Å². The maximum absolute atomic E-state index is 11.9. The van der Waals surface area contributed by atoms with Crippen LogP contribution in [0.25, 0.3) is 0 Å². The molecule has 0 spiro atoms. The summed E-state index contributed by atoms with van der Waals surface area (Å²) in [6, 6.07) is 5.90. The summed E-state index contributed by atoms with van der Waals surface area (Å²) in [7, 11) is 0. The van der Waals surface area contributed by atoms with E-state index in [0.717, 1.165) is 16.1 Å². The molecule has 98 valence electrons. The molecule has 1 aromatic carbocycles. The lowest BCUT2D eigenvalue weighted by Gasteiger charge is -2.15. The maximum atomic E-state index is 11.9. The Balaban J connectivity index is 1.87. The molecule has 0 radical (unpaired) electrons. The van der Waals surface area contributed by atoms with E-state index in [4.69, 9.17) is 11.6 Å². The summed E-state index contributed by atoms with van der Waals surface area (Å²) in [6.07, 6.45) is 1.53. The van der Waals surface area contributed by atoms with Gasteiger partial charge in [-0.25, -0.2) is 0 Å². The van der Waals surface area contributed by atoms with Crippen LogP contribution in [0.1, 0.15) is 24.0 Å². The van der Waals surface area contributed by atoms with Crippen LogP contribution in [-0.4, -0.2) is 35.1 Å². The standard InChI is InChI=1S/C14H18ClNO2/c1-10-2-3-11(8-13(10)15)4-5-14(18)16-7-6-12(17)9-16/h2-3,8,12,17H,4-7,9H2,1H3. The average molecular weight is 268 g/mol. The van der Waals surface area contributed by atoms with Gasteiger partial charge in [-0.1, -0.05) is 23.7 Å². The zero-order chi connectivity index (χ0) is 13.1. The lowest BCUT2D eigenvalue weighted by molar-refractivity contribution is -0.130. The molecule has 0 bridgehead atoms. The van der Waals surface area contributed by atoms with Crippen LogP contribution in [0.15, 0.2) is 18.2 Å². The number of rotatable bonds is 3. The first kappa shape index (κ1) is 13.4. The van der Waals surface area contributed by atoms with Gasteiger partial charge in [0.2, 0.25) is 5.91 Å². The van der Waals surface area contributed by atoms with Gasteiger partial charge in [0.1, 0.15) is 0 Å². The van der Waals surface area contributed by atoms with Gasteiger partial charge in [0.05, 0.1) is 6.10 Å². The van der Waals surface area contributed by atoms with E-state index < -0.39 is 0 Å². The quantitative estimate of drug-likeness (QED) is 0.912. The third-order valence-electron chi connectivity index (χ3n) is 3.38. The van der Waals surface area contributed by atoms with Crippen molar-refractivity contribution < 1.29 is 9.90 Å². The largest absolute Gasteiger partial charge is 0.391 e. The molecule has 0 aliphatic carbocycles. The molecule has 1 aliphatic rings. The summed E-state index contributed by atoms with van der Waals surface area (Å²) in [4.78, 5) is 13.6. The van der Waals surface area contributed by atoms with Crippen molar-refractivity contribution >= 4 is 17.5 Å². The van der Waals surface area contributed by atoms with Gasteiger partial charge in [0.25, 0.3) is 0 Å². The van der Waals surface area contributed by atoms with Crippen LogP contribution in [0, 0.1) is 6.92 Å². The lowest BCUT2D eigenvalue weighted by atomic mass is 10.1. The van der Waals surface area contributed by atoms with Gasteiger partial charge < -0.3 is 10.0 Å². The van der Waals surface area contributed by atoms with Crippen molar-refractivity contribution in [3.8, 4) is 0 Å². The highest BCUT2D eigenvalue weighted by molar-refractivity contribution is 6.31. The van der Waals surface area contributed by atoms with Crippen LogP contribution >= 0.6 is 11.6 Å². The number of carbonyl (C=O) groups excluding carboxylic acids is 1. The van der Waals surface area contributed by atoms with E-state index >= 15 is 0 Å². The summed E-state index contributed by atoms with van der Waals surface area (Å²) in [6.45, 7) is 3.12. The molecule has 2 rings (SSSR count). The minimum Gasteiger partial charge on any atom is -0.391 e. The first-order chi connectivity index (χ1) is 8.56. The third kappa shape index (κ3) is 3.24. The van der Waals surface area contributed by atoms with E-state index in [1.54, 1.807) is 4.90 Å². The minimum absolute atomic E-state index is 0.114. The van der Waals surface area contributed by atoms with Crippen LogP contribution in [0.2, 0.25) is 5.02 Å². The Labute approximate surface area is 112 Å². The second-order valence-electron chi connectivity index (χ2n) is 4.87. The van der Waals surface area contributed by atoms with Crippen molar-refractivity contribution in [3.63, 3.8) is 0 Å². The number of hydrogen-bond acceptors (Lipinski definition) is 2. The fraction of sp³-hybridized carbons (Fsp3) is 0.500. The number of nitrogens with zero attached hydrogens (tertiary/aromatic N) is 1. The van der Waals surface area contributed by atoms with Crippen LogP contribution < -0.4 is 0 Å². The number of aliphatic hydroxyl groups excluding tert-OH is 1. The Morgan fingerprint density at radius 1 is 1.56 bits per heavy atom. The summed E-state index contributed by atoms with van der Waals surface area (Å²) in [5.74, 6) is 0.114. The predicted molar refractivity (Wildman–Crippen MR) is 71.7 cm³/mol. The fourth-order valence-electron chi connectivity index (χ4n) is 2.17. The van der Waals surface area contributed by atoms with Crippen LogP contribution in [-0.2, 0) is 11.2 Å². The van der Waals surface area contributed by atoms with Crippen LogP contribution in [0.4, 0.5) is 0 Å². The molecule has 1 aromatic rings. The van der Waals surface area contributed by atoms with Gasteiger partial charge in [0.15, 0.2) is 0 Å². The van der Waals surface area contributed by atoms with Crippen LogP contribution in [0.5, 0.6) is 0 Å². The van der Waals surface area contributed by atoms with E-state index in [-0.39, 0.29) is 12.0 Å². The molecule has 1 atom stereocenters. The molecular formula is C14H18ClNO2. The van der Waals surface area contributed by atoms with Gasteiger partial charge in [-0.05, 0) is 37.0 Å². The number of amides is 1. The van der Waals surface area contributed by atoms with Gasteiger partial charge in [-0.15, -0.1) is 0 Å². The fourth-order valence-corrected chi connectivity index (χ4v) is 2.37. The lowest BCUT2D eigenvalue weighted by Crippen LogP contribution is -2.29. The molecule has 1 amide bonds. The number of likely N-dealkylation sites (tertiary alicyclic amines) is 1. The zero-order valence-electron chi connectivity index (χ0n) is 10.5. The van der Waals surface area contributed by atoms with E-state index in [0.29, 0.717) is 32.4 Å². The van der Waals surface area contributed by atoms with E-state index in [1.807, 2.05) is 25.1 Å². The number of aliphatic hydroxyl groups is 1.